The van der Waals surface area contributed by atoms with E-state index in [4.69, 9.17) is 5.73 Å². The first-order chi connectivity index (χ1) is 6.29. The molecule has 0 saturated heterocycles. The lowest BCUT2D eigenvalue weighted by Crippen LogP contribution is -1.92. The van der Waals surface area contributed by atoms with Crippen LogP contribution in [0.1, 0.15) is 5.56 Å². The van der Waals surface area contributed by atoms with Crippen LogP contribution in [0.5, 0.6) is 0 Å². The van der Waals surface area contributed by atoms with E-state index >= 15 is 0 Å². The van der Waals surface area contributed by atoms with Gasteiger partial charge in [-0.15, -0.1) is 0 Å². The highest BCUT2D eigenvalue weighted by Crippen LogP contribution is 2.28. The van der Waals surface area contributed by atoms with Crippen LogP contribution in [-0.4, -0.2) is 4.37 Å². The Bertz CT molecular complexity index is 407. The molecule has 0 amide bonds. The number of benzene rings is 1. The first-order valence-corrected chi connectivity index (χ1v) is 4.87. The van der Waals surface area contributed by atoms with Crippen molar-refractivity contribution >= 4 is 17.2 Å². The molecule has 2 aromatic rings. The molecular formula is C10H10N2S. The second-order valence-corrected chi connectivity index (χ2v) is 3.61. The molecule has 0 atom stereocenters. The molecule has 0 aliphatic rings. The second-order valence-electron chi connectivity index (χ2n) is 2.95. The molecule has 0 fully saturated rings. The lowest BCUT2D eigenvalue weighted by Gasteiger charge is -2.05. The minimum Gasteiger partial charge on any atom is -0.398 e. The SMILES string of the molecule is Cc1cccc(-c2cnsc2)c1N. The van der Waals surface area contributed by atoms with Crippen molar-refractivity contribution in [1.82, 2.24) is 4.37 Å². The zero-order chi connectivity index (χ0) is 9.26. The van der Waals surface area contributed by atoms with Gasteiger partial charge in [-0.3, -0.25) is 0 Å². The predicted molar refractivity (Wildman–Crippen MR) is 56.7 cm³/mol. The Morgan fingerprint density at radius 3 is 2.92 bits per heavy atom. The van der Waals surface area contributed by atoms with E-state index in [-0.39, 0.29) is 0 Å². The van der Waals surface area contributed by atoms with Crippen molar-refractivity contribution in [3.63, 3.8) is 0 Å². The average molecular weight is 190 g/mol. The summed E-state index contributed by atoms with van der Waals surface area (Å²) in [5.41, 5.74) is 10.1. The van der Waals surface area contributed by atoms with Crippen molar-refractivity contribution in [1.29, 1.82) is 0 Å². The zero-order valence-corrected chi connectivity index (χ0v) is 8.14. The molecule has 0 spiro atoms. The lowest BCUT2D eigenvalue weighted by atomic mass is 10.0. The quantitative estimate of drug-likeness (QED) is 0.702. The summed E-state index contributed by atoms with van der Waals surface area (Å²) in [5.74, 6) is 0. The summed E-state index contributed by atoms with van der Waals surface area (Å²) in [7, 11) is 0. The Morgan fingerprint density at radius 1 is 1.38 bits per heavy atom. The maximum Gasteiger partial charge on any atom is 0.0486 e. The van der Waals surface area contributed by atoms with Crippen LogP contribution >= 0.6 is 11.5 Å². The number of hydrogen-bond donors (Lipinski definition) is 1. The molecule has 1 aromatic carbocycles. The van der Waals surface area contributed by atoms with Crippen molar-refractivity contribution < 1.29 is 0 Å². The van der Waals surface area contributed by atoms with Gasteiger partial charge in [-0.1, -0.05) is 18.2 Å². The lowest BCUT2D eigenvalue weighted by molar-refractivity contribution is 1.46. The number of anilines is 1. The molecular weight excluding hydrogens is 180 g/mol. The number of para-hydroxylation sites is 1. The topological polar surface area (TPSA) is 38.9 Å². The summed E-state index contributed by atoms with van der Waals surface area (Å²) in [5, 5.41) is 2.01. The van der Waals surface area contributed by atoms with Gasteiger partial charge in [0.2, 0.25) is 0 Å². The normalized spacial score (nSPS) is 10.2. The van der Waals surface area contributed by atoms with Gasteiger partial charge in [0.25, 0.3) is 0 Å². The van der Waals surface area contributed by atoms with Crippen LogP contribution in [0, 0.1) is 6.92 Å². The first kappa shape index (κ1) is 8.26. The first-order valence-electron chi connectivity index (χ1n) is 4.04. The summed E-state index contributed by atoms with van der Waals surface area (Å²) in [6.07, 6.45) is 1.84. The van der Waals surface area contributed by atoms with Gasteiger partial charge >= 0.3 is 0 Å². The van der Waals surface area contributed by atoms with Gasteiger partial charge in [-0.25, -0.2) is 4.37 Å². The predicted octanol–water partition coefficient (Wildman–Crippen LogP) is 2.70. The zero-order valence-electron chi connectivity index (χ0n) is 7.32. The fraction of sp³-hybridized carbons (Fsp3) is 0.100. The molecule has 2 N–H and O–H groups in total. The molecule has 2 nitrogen and oxygen atoms in total. The summed E-state index contributed by atoms with van der Waals surface area (Å²) in [6, 6.07) is 6.05. The summed E-state index contributed by atoms with van der Waals surface area (Å²) >= 11 is 1.44. The standard InChI is InChI=1S/C10H10N2S/c1-7-3-2-4-9(10(7)11)8-5-12-13-6-8/h2-6H,11H2,1H3. The number of nitrogens with two attached hydrogens (primary N) is 1. The summed E-state index contributed by atoms with van der Waals surface area (Å²) in [4.78, 5) is 0. The molecule has 0 bridgehead atoms. The van der Waals surface area contributed by atoms with Gasteiger partial charge in [-0.05, 0) is 24.0 Å². The average Bonchev–Trinajstić information content (AvgIpc) is 2.62. The van der Waals surface area contributed by atoms with Crippen LogP contribution in [0.2, 0.25) is 0 Å². The summed E-state index contributed by atoms with van der Waals surface area (Å²) < 4.78 is 4.06. The van der Waals surface area contributed by atoms with Crippen LogP contribution < -0.4 is 5.73 Å². The molecule has 0 aliphatic heterocycles. The molecule has 0 unspecified atom stereocenters. The van der Waals surface area contributed by atoms with Gasteiger partial charge in [0.1, 0.15) is 0 Å². The Morgan fingerprint density at radius 2 is 2.23 bits per heavy atom. The van der Waals surface area contributed by atoms with E-state index in [1.165, 1.54) is 11.5 Å². The minimum atomic E-state index is 0.850. The third-order valence-corrected chi connectivity index (χ3v) is 2.65. The molecule has 3 heteroatoms. The van der Waals surface area contributed by atoms with Crippen molar-refractivity contribution in [3.8, 4) is 11.1 Å². The molecule has 0 aliphatic carbocycles. The molecule has 2 rings (SSSR count). The maximum absolute atomic E-state index is 5.95. The fourth-order valence-corrected chi connectivity index (χ4v) is 1.81. The summed E-state index contributed by atoms with van der Waals surface area (Å²) in [6.45, 7) is 2.01. The number of aryl methyl sites for hydroxylation is 1. The second kappa shape index (κ2) is 3.18. The van der Waals surface area contributed by atoms with Crippen LogP contribution in [0.25, 0.3) is 11.1 Å². The van der Waals surface area contributed by atoms with Gasteiger partial charge in [-0.2, -0.15) is 0 Å². The van der Waals surface area contributed by atoms with Crippen molar-refractivity contribution in [2.75, 3.05) is 5.73 Å². The minimum absolute atomic E-state index is 0.850. The highest BCUT2D eigenvalue weighted by atomic mass is 32.1. The van der Waals surface area contributed by atoms with E-state index in [1.54, 1.807) is 0 Å². The highest BCUT2D eigenvalue weighted by Gasteiger charge is 2.04. The van der Waals surface area contributed by atoms with Crippen molar-refractivity contribution in [2.24, 2.45) is 0 Å². The third kappa shape index (κ3) is 1.42. The molecule has 1 aromatic heterocycles. The number of nitrogens with zero attached hydrogens (tertiary/aromatic N) is 1. The van der Waals surface area contributed by atoms with E-state index < -0.39 is 0 Å². The van der Waals surface area contributed by atoms with E-state index in [0.717, 1.165) is 22.4 Å². The van der Waals surface area contributed by atoms with Crippen LogP contribution in [0.4, 0.5) is 5.69 Å². The maximum atomic E-state index is 5.95. The molecule has 1 heterocycles. The van der Waals surface area contributed by atoms with E-state index in [0.29, 0.717) is 0 Å². The van der Waals surface area contributed by atoms with Crippen molar-refractivity contribution in [2.45, 2.75) is 6.92 Å². The van der Waals surface area contributed by atoms with E-state index in [2.05, 4.69) is 4.37 Å². The molecule has 0 saturated carbocycles. The highest BCUT2D eigenvalue weighted by molar-refractivity contribution is 7.03. The van der Waals surface area contributed by atoms with Gasteiger partial charge < -0.3 is 5.73 Å². The number of aromatic nitrogens is 1. The Hall–Kier alpha value is -1.35. The Labute approximate surface area is 81.2 Å². The molecule has 66 valence electrons. The number of nitrogen functional groups attached to an aromatic ring is 1. The number of rotatable bonds is 1. The Balaban J connectivity index is 2.59. The van der Waals surface area contributed by atoms with Gasteiger partial charge in [0, 0.05) is 28.4 Å². The smallest absolute Gasteiger partial charge is 0.0486 e. The van der Waals surface area contributed by atoms with Crippen LogP contribution in [0.15, 0.2) is 29.8 Å². The molecule has 13 heavy (non-hydrogen) atoms. The van der Waals surface area contributed by atoms with Gasteiger partial charge in [0.15, 0.2) is 0 Å². The van der Waals surface area contributed by atoms with Crippen molar-refractivity contribution in [3.05, 3.63) is 35.3 Å². The van der Waals surface area contributed by atoms with Crippen LogP contribution in [-0.2, 0) is 0 Å². The fourth-order valence-electron chi connectivity index (χ4n) is 1.27. The molecule has 0 radical (unpaired) electrons. The van der Waals surface area contributed by atoms with E-state index in [9.17, 15) is 0 Å². The third-order valence-electron chi connectivity index (χ3n) is 2.07. The van der Waals surface area contributed by atoms with E-state index in [1.807, 2.05) is 36.7 Å². The largest absolute Gasteiger partial charge is 0.398 e. The number of hydrogen-bond acceptors (Lipinski definition) is 3. The van der Waals surface area contributed by atoms with Gasteiger partial charge in [0.05, 0.1) is 0 Å². The van der Waals surface area contributed by atoms with Crippen LogP contribution in [0.3, 0.4) is 0 Å². The monoisotopic (exact) mass is 190 g/mol. The Kier molecular flexibility index (Phi) is 2.02.